The minimum atomic E-state index is -1.03. The smallest absolute Gasteiger partial charge is 0.335 e. The van der Waals surface area contributed by atoms with E-state index in [2.05, 4.69) is 9.97 Å². The van der Waals surface area contributed by atoms with Crippen LogP contribution in [0.3, 0.4) is 0 Å². The first kappa shape index (κ1) is 22.5. The van der Waals surface area contributed by atoms with Gasteiger partial charge in [-0.3, -0.25) is 4.79 Å². The van der Waals surface area contributed by atoms with Gasteiger partial charge in [0.2, 0.25) is 5.88 Å². The van der Waals surface area contributed by atoms with Gasteiger partial charge in [-0.1, -0.05) is 39.8 Å². The summed E-state index contributed by atoms with van der Waals surface area (Å²) in [6.07, 6.45) is 2.95. The Labute approximate surface area is 164 Å². The number of rotatable bonds is 5. The third kappa shape index (κ3) is 6.32. The van der Waals surface area contributed by atoms with Gasteiger partial charge in [0.1, 0.15) is 12.1 Å². The Morgan fingerprint density at radius 3 is 1.75 bits per heavy atom. The van der Waals surface area contributed by atoms with Crippen molar-refractivity contribution >= 4 is 11.8 Å². The molecule has 6 heteroatoms. The number of ether oxygens (including phenoxy) is 1. The van der Waals surface area contributed by atoms with E-state index in [1.807, 2.05) is 27.7 Å². The molecule has 1 N–H and O–H groups in total. The number of hydrogen-bond donors (Lipinski definition) is 1. The van der Waals surface area contributed by atoms with Crippen LogP contribution in [0.5, 0.6) is 11.6 Å². The van der Waals surface area contributed by atoms with Crippen molar-refractivity contribution in [3.63, 3.8) is 0 Å². The molecule has 0 aliphatic carbocycles. The van der Waals surface area contributed by atoms with E-state index in [0.717, 1.165) is 0 Å². The van der Waals surface area contributed by atoms with E-state index in [1.165, 1.54) is 30.6 Å². The first-order chi connectivity index (χ1) is 13.6. The summed E-state index contributed by atoms with van der Waals surface area (Å²) in [4.78, 5) is 31.0. The molecule has 2 aromatic carbocycles. The fourth-order valence-electron chi connectivity index (χ4n) is 2.06. The highest BCUT2D eigenvalue weighted by molar-refractivity contribution is 6.09. The molecule has 0 aliphatic heterocycles. The molecular weight excluding hydrogens is 356 g/mol. The Bertz CT molecular complexity index is 861. The first-order valence-corrected chi connectivity index (χ1v) is 9.05. The second kappa shape index (κ2) is 12.0. The maximum absolute atomic E-state index is 12.4. The van der Waals surface area contributed by atoms with Crippen molar-refractivity contribution in [3.8, 4) is 11.6 Å². The molecule has 3 rings (SSSR count). The van der Waals surface area contributed by atoms with Gasteiger partial charge in [0.15, 0.2) is 5.78 Å². The van der Waals surface area contributed by atoms with Gasteiger partial charge < -0.3 is 9.84 Å². The van der Waals surface area contributed by atoms with Crippen molar-refractivity contribution in [3.05, 3.63) is 83.8 Å². The minimum absolute atomic E-state index is 0.139. The lowest BCUT2D eigenvalue weighted by atomic mass is 10.0. The molecule has 0 saturated heterocycles. The highest BCUT2D eigenvalue weighted by atomic mass is 16.5. The van der Waals surface area contributed by atoms with Crippen molar-refractivity contribution in [2.24, 2.45) is 0 Å². The molecule has 0 aliphatic rings. The minimum Gasteiger partial charge on any atom is -0.478 e. The molecule has 146 valence electrons. The van der Waals surface area contributed by atoms with Gasteiger partial charge in [-0.25, -0.2) is 14.8 Å². The summed E-state index contributed by atoms with van der Waals surface area (Å²) >= 11 is 0. The van der Waals surface area contributed by atoms with E-state index >= 15 is 0 Å². The molecule has 1 aromatic heterocycles. The fraction of sp³-hybridized carbons (Fsp3) is 0.182. The molecule has 28 heavy (non-hydrogen) atoms. The van der Waals surface area contributed by atoms with Crippen molar-refractivity contribution in [2.45, 2.75) is 27.7 Å². The van der Waals surface area contributed by atoms with Crippen LogP contribution in [-0.4, -0.2) is 26.8 Å². The highest BCUT2D eigenvalue weighted by Gasteiger charge is 2.11. The second-order valence-corrected chi connectivity index (χ2v) is 4.89. The van der Waals surface area contributed by atoms with Crippen LogP contribution in [-0.2, 0) is 0 Å². The number of hydrogen-bond acceptors (Lipinski definition) is 5. The number of carbonyl (C=O) groups is 2. The molecule has 0 atom stereocenters. The van der Waals surface area contributed by atoms with Crippen LogP contribution in [0.4, 0.5) is 0 Å². The number of aromatic carboxylic acids is 1. The summed E-state index contributed by atoms with van der Waals surface area (Å²) < 4.78 is 5.53. The normalized spacial score (nSPS) is 9.14. The molecule has 3 aromatic rings. The maximum Gasteiger partial charge on any atom is 0.335 e. The average molecular weight is 380 g/mol. The first-order valence-electron chi connectivity index (χ1n) is 9.05. The van der Waals surface area contributed by atoms with E-state index in [1.54, 1.807) is 36.5 Å². The quantitative estimate of drug-likeness (QED) is 0.608. The molecule has 0 unspecified atom stereocenters. The van der Waals surface area contributed by atoms with Gasteiger partial charge in [0.05, 0.1) is 5.56 Å². The van der Waals surface area contributed by atoms with Crippen molar-refractivity contribution in [1.29, 1.82) is 0 Å². The van der Waals surface area contributed by atoms with Crippen molar-refractivity contribution < 1.29 is 19.4 Å². The molecule has 0 spiro atoms. The molecule has 1 heterocycles. The number of carboxylic acids is 1. The summed E-state index contributed by atoms with van der Waals surface area (Å²) in [5, 5.41) is 8.88. The third-order valence-electron chi connectivity index (χ3n) is 3.29. The van der Waals surface area contributed by atoms with Crippen LogP contribution in [0.15, 0.2) is 67.1 Å². The Kier molecular flexibility index (Phi) is 9.61. The largest absolute Gasteiger partial charge is 0.478 e. The van der Waals surface area contributed by atoms with Crippen molar-refractivity contribution in [1.82, 2.24) is 9.97 Å². The number of nitrogens with zero attached hydrogens (tertiary/aromatic N) is 2. The molecule has 0 saturated carbocycles. The lowest BCUT2D eigenvalue weighted by molar-refractivity contribution is 0.0696. The number of ketones is 1. The zero-order valence-corrected chi connectivity index (χ0v) is 16.4. The molecular formula is C22H24N2O4. The average Bonchev–Trinajstić information content (AvgIpc) is 2.77. The SMILES string of the molecule is CC.CC.O=C(O)c1ccc(C(=O)c2ccc(Oc3ccncn3)cc2)cc1. The molecule has 6 nitrogen and oxygen atoms in total. The van der Waals surface area contributed by atoms with Gasteiger partial charge in [0.25, 0.3) is 0 Å². The molecule has 0 bridgehead atoms. The standard InChI is InChI=1S/C18H12N2O4.2C2H6/c21-17(12-1-3-14(4-2-12)18(22)23)13-5-7-15(8-6-13)24-16-9-10-19-11-20-16;2*1-2/h1-11H,(H,22,23);2*1-2H3. The number of benzene rings is 2. The summed E-state index contributed by atoms with van der Waals surface area (Å²) in [6, 6.07) is 14.1. The van der Waals surface area contributed by atoms with Gasteiger partial charge in [-0.2, -0.15) is 0 Å². The summed E-state index contributed by atoms with van der Waals surface area (Å²) in [7, 11) is 0. The summed E-state index contributed by atoms with van der Waals surface area (Å²) in [5.41, 5.74) is 1.04. The lowest BCUT2D eigenvalue weighted by Gasteiger charge is -2.06. The van der Waals surface area contributed by atoms with Crippen LogP contribution in [0.1, 0.15) is 54.0 Å². The van der Waals surface area contributed by atoms with E-state index in [4.69, 9.17) is 9.84 Å². The van der Waals surface area contributed by atoms with Crippen LogP contribution < -0.4 is 4.74 Å². The Morgan fingerprint density at radius 2 is 1.29 bits per heavy atom. The van der Waals surface area contributed by atoms with E-state index in [9.17, 15) is 9.59 Å². The van der Waals surface area contributed by atoms with E-state index < -0.39 is 5.97 Å². The van der Waals surface area contributed by atoms with Crippen molar-refractivity contribution in [2.75, 3.05) is 0 Å². The predicted molar refractivity (Wildman–Crippen MR) is 108 cm³/mol. The Morgan fingerprint density at radius 1 is 0.786 bits per heavy atom. The van der Waals surface area contributed by atoms with Gasteiger partial charge >= 0.3 is 5.97 Å². The molecule has 0 radical (unpaired) electrons. The highest BCUT2D eigenvalue weighted by Crippen LogP contribution is 2.20. The van der Waals surface area contributed by atoms with Gasteiger partial charge in [0, 0.05) is 23.4 Å². The van der Waals surface area contributed by atoms with E-state index in [0.29, 0.717) is 22.8 Å². The fourth-order valence-corrected chi connectivity index (χ4v) is 2.06. The van der Waals surface area contributed by atoms with Crippen LogP contribution in [0, 0.1) is 0 Å². The third-order valence-corrected chi connectivity index (χ3v) is 3.29. The molecule has 0 fully saturated rings. The summed E-state index contributed by atoms with van der Waals surface area (Å²) in [5.74, 6) is -0.263. The Hall–Kier alpha value is -3.54. The number of carbonyl (C=O) groups excluding carboxylic acids is 1. The second-order valence-electron chi connectivity index (χ2n) is 4.89. The van der Waals surface area contributed by atoms with Crippen LogP contribution in [0.2, 0.25) is 0 Å². The number of carboxylic acid groups (broad SMARTS) is 1. The maximum atomic E-state index is 12.4. The molecule has 0 amide bonds. The Balaban J connectivity index is 0.000000921. The topological polar surface area (TPSA) is 89.4 Å². The van der Waals surface area contributed by atoms with Crippen LogP contribution >= 0.6 is 0 Å². The van der Waals surface area contributed by atoms with Gasteiger partial charge in [-0.15, -0.1) is 0 Å². The zero-order chi connectivity index (χ0) is 20.9. The number of aromatic nitrogens is 2. The van der Waals surface area contributed by atoms with Gasteiger partial charge in [-0.05, 0) is 36.4 Å². The monoisotopic (exact) mass is 380 g/mol. The predicted octanol–water partition coefficient (Wildman–Crippen LogP) is 5.25. The lowest BCUT2D eigenvalue weighted by Crippen LogP contribution is -2.03. The van der Waals surface area contributed by atoms with Crippen LogP contribution in [0.25, 0.3) is 0 Å². The summed E-state index contributed by atoms with van der Waals surface area (Å²) in [6.45, 7) is 8.00. The van der Waals surface area contributed by atoms with E-state index in [-0.39, 0.29) is 11.3 Å². The zero-order valence-electron chi connectivity index (χ0n) is 16.4.